The maximum Gasteiger partial charge on any atom is 0.407 e. The molecule has 7 nitrogen and oxygen atoms in total. The Morgan fingerprint density at radius 1 is 1.28 bits per heavy atom. The standard InChI is InChI=1S/C16H29N5O2S.HI/c1-6-17-14(21-11-13-20-10-12(2)24-13)18-8-7-9-19-15(22)23-16(3,4)5;/h10H,6-9,11H2,1-5H3,(H,19,22)(H2,17,18,21);1H. The molecular formula is C16H30IN5O2S. The molecule has 1 rings (SSSR count). The number of alkyl carbamates (subject to hydrolysis) is 1. The van der Waals surface area contributed by atoms with Crippen LogP contribution in [0.1, 0.15) is 44.0 Å². The second-order valence-electron chi connectivity index (χ2n) is 6.27. The van der Waals surface area contributed by atoms with Crippen molar-refractivity contribution in [3.8, 4) is 0 Å². The van der Waals surface area contributed by atoms with Crippen molar-refractivity contribution in [1.82, 2.24) is 20.9 Å². The Hall–Kier alpha value is -1.10. The molecule has 1 aromatic heterocycles. The number of nitrogens with one attached hydrogen (secondary N) is 3. The molecule has 0 radical (unpaired) electrons. The van der Waals surface area contributed by atoms with Gasteiger partial charge in [-0.15, -0.1) is 35.3 Å². The number of hydrogen-bond acceptors (Lipinski definition) is 5. The normalized spacial score (nSPS) is 11.5. The number of hydrogen-bond donors (Lipinski definition) is 3. The van der Waals surface area contributed by atoms with Crippen LogP contribution < -0.4 is 16.0 Å². The van der Waals surface area contributed by atoms with Gasteiger partial charge in [0.2, 0.25) is 0 Å². The van der Waals surface area contributed by atoms with Gasteiger partial charge in [0.25, 0.3) is 0 Å². The molecule has 0 aromatic carbocycles. The number of aromatic nitrogens is 1. The Labute approximate surface area is 171 Å². The maximum absolute atomic E-state index is 11.5. The summed E-state index contributed by atoms with van der Waals surface area (Å²) < 4.78 is 5.18. The molecule has 1 heterocycles. The van der Waals surface area contributed by atoms with Crippen LogP contribution in [0.2, 0.25) is 0 Å². The van der Waals surface area contributed by atoms with Gasteiger partial charge in [0.1, 0.15) is 10.6 Å². The minimum absolute atomic E-state index is 0. The smallest absolute Gasteiger partial charge is 0.407 e. The summed E-state index contributed by atoms with van der Waals surface area (Å²) in [5.74, 6) is 0.752. The van der Waals surface area contributed by atoms with Gasteiger partial charge in [-0.05, 0) is 41.0 Å². The van der Waals surface area contributed by atoms with Crippen LogP contribution in [0.25, 0.3) is 0 Å². The number of carbonyl (C=O) groups excluding carboxylic acids is 1. The zero-order chi connectivity index (χ0) is 18.0. The summed E-state index contributed by atoms with van der Waals surface area (Å²) in [4.78, 5) is 21.5. The summed E-state index contributed by atoms with van der Waals surface area (Å²) in [6, 6.07) is 0. The summed E-state index contributed by atoms with van der Waals surface area (Å²) in [5.41, 5.74) is -0.471. The third-order valence-electron chi connectivity index (χ3n) is 2.70. The molecule has 0 bridgehead atoms. The van der Waals surface area contributed by atoms with Gasteiger partial charge in [-0.2, -0.15) is 0 Å². The highest BCUT2D eigenvalue weighted by molar-refractivity contribution is 14.0. The van der Waals surface area contributed by atoms with Gasteiger partial charge in [-0.25, -0.2) is 14.8 Å². The molecule has 0 atom stereocenters. The van der Waals surface area contributed by atoms with Crippen LogP contribution in [-0.4, -0.2) is 42.3 Å². The fourth-order valence-electron chi connectivity index (χ4n) is 1.76. The van der Waals surface area contributed by atoms with E-state index in [1.165, 1.54) is 4.88 Å². The van der Waals surface area contributed by atoms with Crippen molar-refractivity contribution in [2.75, 3.05) is 19.6 Å². The van der Waals surface area contributed by atoms with Crippen molar-refractivity contribution in [3.63, 3.8) is 0 Å². The largest absolute Gasteiger partial charge is 0.444 e. The number of guanidine groups is 1. The lowest BCUT2D eigenvalue weighted by Crippen LogP contribution is -2.39. The summed E-state index contributed by atoms with van der Waals surface area (Å²) >= 11 is 1.65. The maximum atomic E-state index is 11.5. The molecule has 0 fully saturated rings. The van der Waals surface area contributed by atoms with E-state index in [0.29, 0.717) is 19.6 Å². The predicted octanol–water partition coefficient (Wildman–Crippen LogP) is 3.04. The van der Waals surface area contributed by atoms with Crippen molar-refractivity contribution in [2.24, 2.45) is 4.99 Å². The van der Waals surface area contributed by atoms with E-state index in [1.807, 2.05) is 40.8 Å². The van der Waals surface area contributed by atoms with Crippen LogP contribution in [0.4, 0.5) is 4.79 Å². The highest BCUT2D eigenvalue weighted by Gasteiger charge is 2.15. The number of ether oxygens (including phenoxy) is 1. The molecule has 3 N–H and O–H groups in total. The fourth-order valence-corrected chi connectivity index (χ4v) is 2.47. The average Bonchev–Trinajstić information content (AvgIpc) is 2.88. The monoisotopic (exact) mass is 483 g/mol. The summed E-state index contributed by atoms with van der Waals surface area (Å²) in [6.45, 7) is 12.2. The minimum atomic E-state index is -0.471. The van der Waals surface area contributed by atoms with Crippen LogP contribution in [-0.2, 0) is 11.3 Å². The Balaban J connectivity index is 0.00000576. The summed E-state index contributed by atoms with van der Waals surface area (Å²) in [7, 11) is 0. The quantitative estimate of drug-likeness (QED) is 0.240. The molecule has 0 unspecified atom stereocenters. The Morgan fingerprint density at radius 3 is 2.52 bits per heavy atom. The highest BCUT2D eigenvalue weighted by Crippen LogP contribution is 2.11. The van der Waals surface area contributed by atoms with Gasteiger partial charge in [0.05, 0.1) is 6.54 Å². The van der Waals surface area contributed by atoms with E-state index in [4.69, 9.17) is 4.74 Å². The van der Waals surface area contributed by atoms with E-state index < -0.39 is 5.60 Å². The van der Waals surface area contributed by atoms with Gasteiger partial charge < -0.3 is 20.7 Å². The van der Waals surface area contributed by atoms with Gasteiger partial charge in [0, 0.05) is 30.7 Å². The van der Waals surface area contributed by atoms with E-state index in [-0.39, 0.29) is 30.1 Å². The van der Waals surface area contributed by atoms with Gasteiger partial charge >= 0.3 is 6.09 Å². The molecule has 25 heavy (non-hydrogen) atoms. The van der Waals surface area contributed by atoms with Gasteiger partial charge in [0.15, 0.2) is 5.96 Å². The first-order valence-electron chi connectivity index (χ1n) is 8.20. The molecule has 0 saturated carbocycles. The highest BCUT2D eigenvalue weighted by atomic mass is 127. The molecule has 1 aromatic rings. The van der Waals surface area contributed by atoms with E-state index >= 15 is 0 Å². The Morgan fingerprint density at radius 2 is 1.96 bits per heavy atom. The van der Waals surface area contributed by atoms with Gasteiger partial charge in [-0.3, -0.25) is 0 Å². The van der Waals surface area contributed by atoms with E-state index in [0.717, 1.165) is 23.9 Å². The predicted molar refractivity (Wildman–Crippen MR) is 114 cm³/mol. The minimum Gasteiger partial charge on any atom is -0.444 e. The Kier molecular flexibility index (Phi) is 11.7. The lowest BCUT2D eigenvalue weighted by Gasteiger charge is -2.19. The van der Waals surface area contributed by atoms with Crippen LogP contribution in [0.15, 0.2) is 11.2 Å². The van der Waals surface area contributed by atoms with Crippen molar-refractivity contribution >= 4 is 47.4 Å². The topological polar surface area (TPSA) is 87.6 Å². The van der Waals surface area contributed by atoms with E-state index in [2.05, 4.69) is 25.9 Å². The number of amides is 1. The zero-order valence-electron chi connectivity index (χ0n) is 15.6. The SMILES string of the molecule is CCNC(=NCc1ncc(C)s1)NCCCNC(=O)OC(C)(C)C.I. The first-order chi connectivity index (χ1) is 11.3. The molecule has 144 valence electrons. The molecule has 0 spiro atoms. The van der Waals surface area contributed by atoms with E-state index in [9.17, 15) is 4.79 Å². The van der Waals surface area contributed by atoms with Crippen molar-refractivity contribution in [2.45, 2.75) is 53.2 Å². The average molecular weight is 483 g/mol. The fraction of sp³-hybridized carbons (Fsp3) is 0.688. The summed E-state index contributed by atoms with van der Waals surface area (Å²) in [5, 5.41) is 10.2. The molecule has 1 amide bonds. The first kappa shape index (κ1) is 23.9. The molecule has 0 aliphatic carbocycles. The van der Waals surface area contributed by atoms with Crippen LogP contribution in [0.5, 0.6) is 0 Å². The number of thiazole rings is 1. The van der Waals surface area contributed by atoms with E-state index in [1.54, 1.807) is 11.3 Å². The first-order valence-corrected chi connectivity index (χ1v) is 9.02. The van der Waals surface area contributed by atoms with Gasteiger partial charge in [-0.1, -0.05) is 0 Å². The van der Waals surface area contributed by atoms with Crippen LogP contribution in [0.3, 0.4) is 0 Å². The zero-order valence-corrected chi connectivity index (χ0v) is 18.8. The third-order valence-corrected chi connectivity index (χ3v) is 3.60. The lowest BCUT2D eigenvalue weighted by atomic mass is 10.2. The molecule has 0 aliphatic heterocycles. The number of aryl methyl sites for hydroxylation is 1. The number of nitrogens with zero attached hydrogens (tertiary/aromatic N) is 2. The van der Waals surface area contributed by atoms with Crippen LogP contribution >= 0.6 is 35.3 Å². The molecule has 0 saturated heterocycles. The molecular weight excluding hydrogens is 453 g/mol. The number of halogens is 1. The van der Waals surface area contributed by atoms with Crippen molar-refractivity contribution < 1.29 is 9.53 Å². The second-order valence-corrected chi connectivity index (χ2v) is 7.59. The van der Waals surface area contributed by atoms with Crippen molar-refractivity contribution in [1.29, 1.82) is 0 Å². The number of rotatable bonds is 7. The third kappa shape index (κ3) is 12.0. The second kappa shape index (κ2) is 12.3. The number of aliphatic imine (C=N–C) groups is 1. The summed E-state index contributed by atoms with van der Waals surface area (Å²) in [6.07, 6.45) is 2.25. The Bertz CT molecular complexity index is 543. The molecule has 9 heteroatoms. The van der Waals surface area contributed by atoms with Crippen molar-refractivity contribution in [3.05, 3.63) is 16.1 Å². The lowest BCUT2D eigenvalue weighted by molar-refractivity contribution is 0.0527. The number of carbonyl (C=O) groups is 1. The molecule has 0 aliphatic rings. The van der Waals surface area contributed by atoms with Crippen LogP contribution in [0, 0.1) is 6.92 Å².